The SMILES string of the molecule is CON(C(=O)c1cn(C)nc1C(F)F)C(C)COc1c(Br)cc(Br)cc1Br. The molecule has 0 aliphatic rings. The Kier molecular flexibility index (Phi) is 7.78. The Morgan fingerprint density at radius 3 is 2.41 bits per heavy atom. The lowest BCUT2D eigenvalue weighted by Crippen LogP contribution is -2.41. The third kappa shape index (κ3) is 5.27. The van der Waals surface area contributed by atoms with Crippen molar-refractivity contribution in [1.29, 1.82) is 0 Å². The number of amides is 1. The summed E-state index contributed by atoms with van der Waals surface area (Å²) in [4.78, 5) is 17.8. The highest BCUT2D eigenvalue weighted by Gasteiger charge is 2.29. The maximum Gasteiger partial charge on any atom is 0.282 e. The van der Waals surface area contributed by atoms with Crippen molar-refractivity contribution >= 4 is 53.7 Å². The first kappa shape index (κ1) is 22.3. The fourth-order valence-corrected chi connectivity index (χ4v) is 4.84. The zero-order valence-electron chi connectivity index (χ0n) is 14.6. The molecule has 0 saturated heterocycles. The Labute approximate surface area is 180 Å². The van der Waals surface area contributed by atoms with Crippen molar-refractivity contribution in [2.75, 3.05) is 13.7 Å². The van der Waals surface area contributed by atoms with Crippen molar-refractivity contribution in [2.45, 2.75) is 19.4 Å². The van der Waals surface area contributed by atoms with E-state index in [-0.39, 0.29) is 12.2 Å². The fourth-order valence-electron chi connectivity index (χ4n) is 2.35. The van der Waals surface area contributed by atoms with E-state index in [2.05, 4.69) is 52.9 Å². The van der Waals surface area contributed by atoms with E-state index < -0.39 is 24.1 Å². The van der Waals surface area contributed by atoms with Crippen molar-refractivity contribution in [1.82, 2.24) is 14.8 Å². The Hall–Kier alpha value is -1.04. The van der Waals surface area contributed by atoms with Gasteiger partial charge in [-0.3, -0.25) is 14.3 Å². The largest absolute Gasteiger partial charge is 0.489 e. The fraction of sp³-hybridized carbons (Fsp3) is 0.375. The molecule has 6 nitrogen and oxygen atoms in total. The molecular weight excluding hydrogens is 560 g/mol. The van der Waals surface area contributed by atoms with E-state index in [4.69, 9.17) is 9.57 Å². The molecule has 2 rings (SSSR count). The molecule has 0 aliphatic heterocycles. The zero-order chi connectivity index (χ0) is 20.3. The molecule has 11 heteroatoms. The van der Waals surface area contributed by atoms with Crippen LogP contribution >= 0.6 is 47.8 Å². The predicted molar refractivity (Wildman–Crippen MR) is 106 cm³/mol. The van der Waals surface area contributed by atoms with Crippen molar-refractivity contribution < 1.29 is 23.1 Å². The monoisotopic (exact) mass is 573 g/mol. The quantitative estimate of drug-likeness (QED) is 0.430. The van der Waals surface area contributed by atoms with Crippen molar-refractivity contribution in [3.05, 3.63) is 43.0 Å². The van der Waals surface area contributed by atoms with Crippen molar-refractivity contribution in [3.63, 3.8) is 0 Å². The van der Waals surface area contributed by atoms with E-state index in [1.54, 1.807) is 6.92 Å². The van der Waals surface area contributed by atoms with Gasteiger partial charge < -0.3 is 4.74 Å². The molecule has 0 bridgehead atoms. The van der Waals surface area contributed by atoms with Crippen LogP contribution in [0.3, 0.4) is 0 Å². The van der Waals surface area contributed by atoms with Crippen LogP contribution in [0.4, 0.5) is 8.78 Å². The van der Waals surface area contributed by atoms with E-state index in [0.717, 1.165) is 9.54 Å². The first-order chi connectivity index (χ1) is 12.6. The number of aryl methyl sites for hydroxylation is 1. The van der Waals surface area contributed by atoms with Crippen LogP contribution in [0, 0.1) is 0 Å². The predicted octanol–water partition coefficient (Wildman–Crippen LogP) is 5.12. The van der Waals surface area contributed by atoms with Crippen LogP contribution in [0.2, 0.25) is 0 Å². The topological polar surface area (TPSA) is 56.6 Å². The van der Waals surface area contributed by atoms with E-state index >= 15 is 0 Å². The normalized spacial score (nSPS) is 12.3. The van der Waals surface area contributed by atoms with Gasteiger partial charge in [-0.1, -0.05) is 15.9 Å². The maximum absolute atomic E-state index is 13.1. The molecule has 0 N–H and O–H groups in total. The number of rotatable bonds is 7. The van der Waals surface area contributed by atoms with E-state index in [1.807, 2.05) is 12.1 Å². The summed E-state index contributed by atoms with van der Waals surface area (Å²) >= 11 is 10.2. The molecule has 1 heterocycles. The summed E-state index contributed by atoms with van der Waals surface area (Å²) in [6.07, 6.45) is -1.63. The van der Waals surface area contributed by atoms with Gasteiger partial charge in [0.1, 0.15) is 18.1 Å². The van der Waals surface area contributed by atoms with Gasteiger partial charge in [0, 0.05) is 17.7 Å². The van der Waals surface area contributed by atoms with Gasteiger partial charge in [0.05, 0.1) is 27.7 Å². The second-order valence-electron chi connectivity index (χ2n) is 5.57. The second kappa shape index (κ2) is 9.44. The molecule has 148 valence electrons. The summed E-state index contributed by atoms with van der Waals surface area (Å²) in [5, 5.41) is 4.64. The molecule has 1 aromatic carbocycles. The summed E-state index contributed by atoms with van der Waals surface area (Å²) < 4.78 is 35.5. The smallest absolute Gasteiger partial charge is 0.282 e. The average Bonchev–Trinajstić information content (AvgIpc) is 2.96. The molecule has 0 spiro atoms. The van der Waals surface area contributed by atoms with Gasteiger partial charge in [-0.05, 0) is 50.9 Å². The number of hydrogen-bond acceptors (Lipinski definition) is 4. The molecule has 27 heavy (non-hydrogen) atoms. The highest BCUT2D eigenvalue weighted by atomic mass is 79.9. The summed E-state index contributed by atoms with van der Waals surface area (Å²) in [5.41, 5.74) is -0.803. The summed E-state index contributed by atoms with van der Waals surface area (Å²) in [7, 11) is 2.76. The summed E-state index contributed by atoms with van der Waals surface area (Å²) in [6, 6.07) is 3.07. The molecule has 0 aliphatic carbocycles. The third-order valence-electron chi connectivity index (χ3n) is 3.52. The zero-order valence-corrected chi connectivity index (χ0v) is 19.3. The third-order valence-corrected chi connectivity index (χ3v) is 5.16. The second-order valence-corrected chi connectivity index (χ2v) is 8.20. The first-order valence-electron chi connectivity index (χ1n) is 7.62. The number of alkyl halides is 2. The highest BCUT2D eigenvalue weighted by Crippen LogP contribution is 2.36. The van der Waals surface area contributed by atoms with Crippen LogP contribution in [0.25, 0.3) is 0 Å². The molecule has 0 fully saturated rings. The Morgan fingerprint density at radius 2 is 1.89 bits per heavy atom. The molecule has 2 aromatic rings. The number of carbonyl (C=O) groups is 1. The Bertz CT molecular complexity index is 809. The first-order valence-corrected chi connectivity index (χ1v) is 10.00. The molecule has 1 atom stereocenters. The lowest BCUT2D eigenvalue weighted by Gasteiger charge is -2.26. The summed E-state index contributed by atoms with van der Waals surface area (Å²) in [5.74, 6) is -0.172. The minimum Gasteiger partial charge on any atom is -0.489 e. The molecule has 1 unspecified atom stereocenters. The lowest BCUT2D eigenvalue weighted by atomic mass is 10.2. The van der Waals surface area contributed by atoms with Crippen LogP contribution < -0.4 is 4.74 Å². The average molecular weight is 576 g/mol. The van der Waals surface area contributed by atoms with Gasteiger partial charge in [0.2, 0.25) is 0 Å². The number of aromatic nitrogens is 2. The Balaban J connectivity index is 2.17. The number of halogens is 5. The van der Waals surface area contributed by atoms with Gasteiger partial charge in [-0.25, -0.2) is 13.8 Å². The molecule has 1 aromatic heterocycles. The number of benzene rings is 1. The number of carbonyl (C=O) groups excluding carboxylic acids is 1. The van der Waals surface area contributed by atoms with E-state index in [1.165, 1.54) is 25.0 Å². The van der Waals surface area contributed by atoms with Crippen molar-refractivity contribution in [3.8, 4) is 5.75 Å². The van der Waals surface area contributed by atoms with E-state index in [9.17, 15) is 13.6 Å². The van der Waals surface area contributed by atoms with Gasteiger partial charge in [-0.15, -0.1) is 0 Å². The van der Waals surface area contributed by atoms with Crippen LogP contribution in [0.1, 0.15) is 29.4 Å². The van der Waals surface area contributed by atoms with Crippen LogP contribution in [-0.4, -0.2) is 40.5 Å². The summed E-state index contributed by atoms with van der Waals surface area (Å²) in [6.45, 7) is 1.75. The standard InChI is InChI=1S/C16H16Br3F2N3O3/c1-8(7-27-14-11(18)4-9(17)5-12(14)19)24(26-3)16(25)10-6-23(2)22-13(10)15(20)21/h4-6,8,15H,7H2,1-3H3. The van der Waals surface area contributed by atoms with Crippen LogP contribution in [0.5, 0.6) is 5.75 Å². The molecule has 0 saturated carbocycles. The van der Waals surface area contributed by atoms with Crippen molar-refractivity contribution in [2.24, 2.45) is 7.05 Å². The van der Waals surface area contributed by atoms with Gasteiger partial charge in [-0.2, -0.15) is 5.10 Å². The minimum absolute atomic E-state index is 0.0721. The number of nitrogens with zero attached hydrogens (tertiary/aromatic N) is 3. The highest BCUT2D eigenvalue weighted by molar-refractivity contribution is 9.11. The van der Waals surface area contributed by atoms with Gasteiger partial charge >= 0.3 is 0 Å². The minimum atomic E-state index is -2.87. The van der Waals surface area contributed by atoms with E-state index in [0.29, 0.717) is 14.7 Å². The Morgan fingerprint density at radius 1 is 1.30 bits per heavy atom. The number of ether oxygens (including phenoxy) is 1. The molecule has 0 radical (unpaired) electrons. The number of hydrogen-bond donors (Lipinski definition) is 0. The number of hydroxylamine groups is 2. The maximum atomic E-state index is 13.1. The molecule has 1 amide bonds. The van der Waals surface area contributed by atoms with Crippen LogP contribution in [0.15, 0.2) is 31.7 Å². The lowest BCUT2D eigenvalue weighted by molar-refractivity contribution is -0.126. The molecular formula is C16H16Br3F2N3O3. The van der Waals surface area contributed by atoms with Gasteiger partial charge in [0.15, 0.2) is 0 Å². The van der Waals surface area contributed by atoms with Gasteiger partial charge in [0.25, 0.3) is 12.3 Å². The van der Waals surface area contributed by atoms with Crippen LogP contribution in [-0.2, 0) is 11.9 Å².